The maximum atomic E-state index is 9.72. The van der Waals surface area contributed by atoms with E-state index in [9.17, 15) is 5.26 Å². The van der Waals surface area contributed by atoms with Crippen LogP contribution in [-0.2, 0) is 13.0 Å². The molecule has 0 spiro atoms. The van der Waals surface area contributed by atoms with Crippen LogP contribution in [0.5, 0.6) is 11.5 Å². The summed E-state index contributed by atoms with van der Waals surface area (Å²) in [6.45, 7) is 3.63. The minimum atomic E-state index is 0.514. The van der Waals surface area contributed by atoms with Crippen LogP contribution < -0.4 is 9.47 Å². The molecule has 0 bridgehead atoms. The molecule has 0 N–H and O–H groups in total. The molecule has 0 aliphatic carbocycles. The lowest BCUT2D eigenvalue weighted by Crippen LogP contribution is -2.05. The number of rotatable bonds is 7. The smallest absolute Gasteiger partial charge is 0.174 e. The van der Waals surface area contributed by atoms with Crippen LogP contribution in [0.4, 0.5) is 0 Å². The van der Waals surface area contributed by atoms with Crippen molar-refractivity contribution >= 4 is 11.6 Å². The third-order valence-corrected chi connectivity index (χ3v) is 4.72. The van der Waals surface area contributed by atoms with Gasteiger partial charge >= 0.3 is 0 Å². The van der Waals surface area contributed by atoms with Gasteiger partial charge in [-0.05, 0) is 43.0 Å². The molecule has 3 rings (SSSR count). The molecule has 1 aliphatic rings. The Morgan fingerprint density at radius 2 is 2.15 bits per heavy atom. The van der Waals surface area contributed by atoms with Crippen molar-refractivity contribution in [3.63, 3.8) is 0 Å². The van der Waals surface area contributed by atoms with Crippen molar-refractivity contribution in [3.8, 4) is 17.6 Å². The molecule has 0 saturated carbocycles. The summed E-state index contributed by atoms with van der Waals surface area (Å²) < 4.78 is 13.3. The van der Waals surface area contributed by atoms with E-state index in [1.165, 1.54) is 6.42 Å². The summed E-state index contributed by atoms with van der Waals surface area (Å²) in [5, 5.41) is 18.3. The number of ether oxygens (including phenoxy) is 2. The van der Waals surface area contributed by atoms with Gasteiger partial charge in [-0.3, -0.25) is 0 Å². The highest BCUT2D eigenvalue weighted by Crippen LogP contribution is 2.30. The molecule has 6 heteroatoms. The number of hydrogen-bond acceptors (Lipinski definition) is 5. The molecule has 0 fully saturated rings. The number of fused-ring (bicyclic) bond motifs is 1. The van der Waals surface area contributed by atoms with E-state index < -0.39 is 0 Å². The Balaban J connectivity index is 1.91. The molecule has 6 nitrogen and oxygen atoms in total. The van der Waals surface area contributed by atoms with Gasteiger partial charge in [-0.2, -0.15) is 5.26 Å². The van der Waals surface area contributed by atoms with Crippen LogP contribution in [0, 0.1) is 11.3 Å². The summed E-state index contributed by atoms with van der Waals surface area (Å²) in [4.78, 5) is 0. The van der Waals surface area contributed by atoms with Gasteiger partial charge in [-0.25, -0.2) is 0 Å². The molecule has 27 heavy (non-hydrogen) atoms. The standard InChI is InChI=1S/C21H26N4O2/c1-3-4-12-27-19-14-16(9-10-18(19)26-2)13-17(15-22)21-24-23-20-8-6-5-7-11-25(20)21/h9-10,13-14H,3-8,11-12H2,1-2H3/b17-13-. The first-order valence-electron chi connectivity index (χ1n) is 9.62. The van der Waals surface area contributed by atoms with E-state index >= 15 is 0 Å². The van der Waals surface area contributed by atoms with Gasteiger partial charge in [0.15, 0.2) is 17.3 Å². The highest BCUT2D eigenvalue weighted by atomic mass is 16.5. The topological polar surface area (TPSA) is 73.0 Å². The molecule has 0 saturated heterocycles. The molecule has 142 valence electrons. The predicted octanol–water partition coefficient (Wildman–Crippen LogP) is 4.26. The Bertz CT molecular complexity index is 848. The van der Waals surface area contributed by atoms with Gasteiger partial charge in [0.05, 0.1) is 19.3 Å². The molecule has 0 unspecified atom stereocenters. The molecule has 0 atom stereocenters. The van der Waals surface area contributed by atoms with E-state index in [0.29, 0.717) is 29.5 Å². The van der Waals surface area contributed by atoms with Crippen LogP contribution in [0.3, 0.4) is 0 Å². The molecular formula is C21H26N4O2. The number of nitrogens with zero attached hydrogens (tertiary/aromatic N) is 4. The average Bonchev–Trinajstić information content (AvgIpc) is 2.94. The fraction of sp³-hybridized carbons (Fsp3) is 0.476. The van der Waals surface area contributed by atoms with Crippen LogP contribution in [0.15, 0.2) is 18.2 Å². The molecule has 0 amide bonds. The van der Waals surface area contributed by atoms with Gasteiger partial charge in [-0.15, -0.1) is 10.2 Å². The van der Waals surface area contributed by atoms with E-state index in [-0.39, 0.29) is 0 Å². The number of hydrogen-bond donors (Lipinski definition) is 0. The largest absolute Gasteiger partial charge is 0.493 e. The van der Waals surface area contributed by atoms with Gasteiger partial charge < -0.3 is 14.0 Å². The summed E-state index contributed by atoms with van der Waals surface area (Å²) >= 11 is 0. The first-order chi connectivity index (χ1) is 13.3. The van der Waals surface area contributed by atoms with Crippen LogP contribution in [0.25, 0.3) is 11.6 Å². The maximum Gasteiger partial charge on any atom is 0.174 e. The lowest BCUT2D eigenvalue weighted by molar-refractivity contribution is 0.288. The van der Waals surface area contributed by atoms with Crippen LogP contribution in [0.2, 0.25) is 0 Å². The number of aryl methyl sites for hydroxylation is 1. The van der Waals surface area contributed by atoms with Crippen molar-refractivity contribution in [2.75, 3.05) is 13.7 Å². The lowest BCUT2D eigenvalue weighted by atomic mass is 10.1. The summed E-state index contributed by atoms with van der Waals surface area (Å²) in [6, 6.07) is 7.98. The molecule has 1 aromatic carbocycles. The minimum Gasteiger partial charge on any atom is -0.493 e. The zero-order valence-electron chi connectivity index (χ0n) is 16.1. The number of benzene rings is 1. The number of aromatic nitrogens is 3. The lowest BCUT2D eigenvalue weighted by Gasteiger charge is -2.11. The second-order valence-corrected chi connectivity index (χ2v) is 6.68. The normalized spacial score (nSPS) is 14.2. The monoisotopic (exact) mass is 366 g/mol. The van der Waals surface area contributed by atoms with Crippen molar-refractivity contribution < 1.29 is 9.47 Å². The molecule has 1 aliphatic heterocycles. The average molecular weight is 366 g/mol. The summed E-state index contributed by atoms with van der Waals surface area (Å²) in [5.74, 6) is 3.01. The Hall–Kier alpha value is -2.81. The predicted molar refractivity (Wildman–Crippen MR) is 104 cm³/mol. The fourth-order valence-electron chi connectivity index (χ4n) is 3.22. The highest BCUT2D eigenvalue weighted by molar-refractivity contribution is 5.87. The quantitative estimate of drug-likeness (QED) is 0.541. The molecule has 2 heterocycles. The van der Waals surface area contributed by atoms with Crippen LogP contribution in [0.1, 0.15) is 56.2 Å². The summed E-state index contributed by atoms with van der Waals surface area (Å²) in [5.41, 5.74) is 1.39. The number of nitriles is 1. The molecule has 2 aromatic rings. The van der Waals surface area contributed by atoms with Gasteiger partial charge in [0, 0.05) is 13.0 Å². The second-order valence-electron chi connectivity index (χ2n) is 6.68. The minimum absolute atomic E-state index is 0.514. The van der Waals surface area contributed by atoms with Gasteiger partial charge in [0.25, 0.3) is 0 Å². The molecular weight excluding hydrogens is 340 g/mol. The first kappa shape index (κ1) is 19.0. The summed E-state index contributed by atoms with van der Waals surface area (Å²) in [6.07, 6.45) is 8.22. The summed E-state index contributed by atoms with van der Waals surface area (Å²) in [7, 11) is 1.63. The Morgan fingerprint density at radius 3 is 2.93 bits per heavy atom. The van der Waals surface area contributed by atoms with E-state index in [1.807, 2.05) is 24.3 Å². The van der Waals surface area contributed by atoms with Crippen LogP contribution in [-0.4, -0.2) is 28.5 Å². The second kappa shape index (κ2) is 9.22. The Kier molecular flexibility index (Phi) is 6.48. The number of allylic oxidation sites excluding steroid dienone is 1. The Morgan fingerprint density at radius 1 is 1.26 bits per heavy atom. The van der Waals surface area contributed by atoms with Gasteiger partial charge in [0.2, 0.25) is 0 Å². The third kappa shape index (κ3) is 4.48. The number of methoxy groups -OCH3 is 1. The first-order valence-corrected chi connectivity index (χ1v) is 9.62. The van der Waals surface area contributed by atoms with Gasteiger partial charge in [-0.1, -0.05) is 25.8 Å². The van der Waals surface area contributed by atoms with E-state index in [4.69, 9.17) is 9.47 Å². The van der Waals surface area contributed by atoms with Gasteiger partial charge in [0.1, 0.15) is 11.9 Å². The Labute approximate surface area is 160 Å². The van der Waals surface area contributed by atoms with Crippen molar-refractivity contribution in [2.24, 2.45) is 0 Å². The molecule has 1 aromatic heterocycles. The van der Waals surface area contributed by atoms with Crippen molar-refractivity contribution in [1.29, 1.82) is 5.26 Å². The zero-order chi connectivity index (χ0) is 19.1. The SMILES string of the molecule is CCCCOc1cc(/C=C(/C#N)c2nnc3n2CCCCC3)ccc1OC. The zero-order valence-corrected chi connectivity index (χ0v) is 16.1. The van der Waals surface area contributed by atoms with E-state index in [2.05, 4.69) is 27.8 Å². The number of unbranched alkanes of at least 4 members (excludes halogenated alkanes) is 1. The van der Waals surface area contributed by atoms with Crippen molar-refractivity contribution in [2.45, 2.75) is 52.0 Å². The maximum absolute atomic E-state index is 9.72. The van der Waals surface area contributed by atoms with E-state index in [1.54, 1.807) is 7.11 Å². The fourth-order valence-corrected chi connectivity index (χ4v) is 3.22. The van der Waals surface area contributed by atoms with Crippen molar-refractivity contribution in [1.82, 2.24) is 14.8 Å². The van der Waals surface area contributed by atoms with Crippen LogP contribution >= 0.6 is 0 Å². The highest BCUT2D eigenvalue weighted by Gasteiger charge is 2.18. The molecule has 0 radical (unpaired) electrons. The van der Waals surface area contributed by atoms with Crippen molar-refractivity contribution in [3.05, 3.63) is 35.4 Å². The third-order valence-electron chi connectivity index (χ3n) is 4.72. The van der Waals surface area contributed by atoms with E-state index in [0.717, 1.165) is 50.0 Å².